The van der Waals surface area contributed by atoms with Gasteiger partial charge in [0.25, 0.3) is 0 Å². The van der Waals surface area contributed by atoms with Crippen LogP contribution in [0.5, 0.6) is 0 Å². The van der Waals surface area contributed by atoms with Crippen LogP contribution >= 0.6 is 0 Å². The second kappa shape index (κ2) is 2.95. The fraction of sp³-hybridized carbons (Fsp3) is 0.222. The van der Waals surface area contributed by atoms with Gasteiger partial charge in [-0.25, -0.2) is 0 Å². The van der Waals surface area contributed by atoms with Crippen molar-refractivity contribution in [3.05, 3.63) is 35.9 Å². The average molecular weight is 165 g/mol. The summed E-state index contributed by atoms with van der Waals surface area (Å²) in [6.07, 6.45) is 0. The number of rotatable bonds is 2. The quantitative estimate of drug-likeness (QED) is 0.604. The van der Waals surface area contributed by atoms with Gasteiger partial charge in [-0.2, -0.15) is 0 Å². The van der Waals surface area contributed by atoms with E-state index in [9.17, 15) is 9.90 Å². The zero-order chi connectivity index (χ0) is 9.19. The topological polar surface area (TPSA) is 67.8 Å². The van der Waals surface area contributed by atoms with Gasteiger partial charge in [0.2, 0.25) is 0 Å². The average Bonchev–Trinajstić information content (AvgIpc) is 2.06. The predicted molar refractivity (Wildman–Crippen MR) is 41.7 cm³/mol. The van der Waals surface area contributed by atoms with Crippen molar-refractivity contribution >= 4 is 5.97 Å². The lowest BCUT2D eigenvalue weighted by molar-refractivity contribution is -0.489. The van der Waals surface area contributed by atoms with Crippen LogP contribution in [0, 0.1) is 0 Å². The summed E-state index contributed by atoms with van der Waals surface area (Å²) >= 11 is 0. The van der Waals surface area contributed by atoms with E-state index in [2.05, 4.69) is 5.73 Å². The molecule has 0 unspecified atom stereocenters. The lowest BCUT2D eigenvalue weighted by atomic mass is 9.94. The third-order valence-corrected chi connectivity index (χ3v) is 1.86. The molecule has 12 heavy (non-hydrogen) atoms. The summed E-state index contributed by atoms with van der Waals surface area (Å²) in [7, 11) is 0. The summed E-state index contributed by atoms with van der Waals surface area (Å²) < 4.78 is 0. The molecular weight excluding hydrogens is 154 g/mol. The molecule has 1 aromatic rings. The van der Waals surface area contributed by atoms with E-state index in [1.165, 1.54) is 6.92 Å². The van der Waals surface area contributed by atoms with Gasteiger partial charge in [0.15, 0.2) is 5.54 Å². The summed E-state index contributed by atoms with van der Waals surface area (Å²) in [6, 6.07) is 8.84. The van der Waals surface area contributed by atoms with Crippen molar-refractivity contribution in [1.82, 2.24) is 0 Å². The summed E-state index contributed by atoms with van der Waals surface area (Å²) in [5.41, 5.74) is 3.08. The summed E-state index contributed by atoms with van der Waals surface area (Å²) in [6.45, 7) is 1.53. The van der Waals surface area contributed by atoms with Crippen molar-refractivity contribution in [3.8, 4) is 0 Å². The Bertz CT molecular complexity index is 280. The maximum absolute atomic E-state index is 10.6. The highest BCUT2D eigenvalue weighted by Gasteiger charge is 2.26. The number of aliphatic carboxylic acids is 1. The minimum atomic E-state index is -1.16. The van der Waals surface area contributed by atoms with E-state index in [-0.39, 0.29) is 0 Å². The maximum Gasteiger partial charge on any atom is 0.157 e. The minimum Gasteiger partial charge on any atom is -0.543 e. The van der Waals surface area contributed by atoms with Gasteiger partial charge in [-0.15, -0.1) is 0 Å². The number of hydrogen-bond acceptors (Lipinski definition) is 2. The van der Waals surface area contributed by atoms with Gasteiger partial charge in [0.1, 0.15) is 5.97 Å². The zero-order valence-corrected chi connectivity index (χ0v) is 6.91. The van der Waals surface area contributed by atoms with Gasteiger partial charge in [-0.3, -0.25) is 0 Å². The van der Waals surface area contributed by atoms with Crippen molar-refractivity contribution in [2.24, 2.45) is 0 Å². The summed E-state index contributed by atoms with van der Waals surface area (Å²) in [5, 5.41) is 10.6. The molecule has 1 atom stereocenters. The molecule has 1 aromatic carbocycles. The maximum atomic E-state index is 10.6. The molecular formula is C9H11NO2. The molecule has 0 aromatic heterocycles. The van der Waals surface area contributed by atoms with E-state index in [1.54, 1.807) is 24.3 Å². The van der Waals surface area contributed by atoms with E-state index < -0.39 is 11.5 Å². The second-order valence-electron chi connectivity index (χ2n) is 2.99. The molecule has 0 spiro atoms. The molecule has 0 aliphatic heterocycles. The van der Waals surface area contributed by atoms with Crippen LogP contribution in [0.3, 0.4) is 0 Å². The lowest BCUT2D eigenvalue weighted by Gasteiger charge is -2.21. The standard InChI is InChI=1S/C9H11NO2/c1-9(10,8(11)12)7-5-3-2-4-6-7/h2-6H,10H2,1H3,(H,11,12)/t9-/m0/s1. The van der Waals surface area contributed by atoms with Gasteiger partial charge in [-0.05, 0) is 0 Å². The Balaban J connectivity index is 3.06. The molecule has 0 fully saturated rings. The number of carboxylic acids is 1. The lowest BCUT2D eigenvalue weighted by Crippen LogP contribution is -2.75. The van der Waals surface area contributed by atoms with E-state index in [1.807, 2.05) is 6.07 Å². The Morgan fingerprint density at radius 3 is 2.33 bits per heavy atom. The molecule has 3 N–H and O–H groups in total. The van der Waals surface area contributed by atoms with E-state index in [4.69, 9.17) is 0 Å². The number of hydrogen-bond donors (Lipinski definition) is 1. The second-order valence-corrected chi connectivity index (χ2v) is 2.99. The number of carbonyl (C=O) groups is 1. The number of quaternary nitrogens is 1. The molecule has 0 aliphatic rings. The third-order valence-electron chi connectivity index (χ3n) is 1.86. The van der Waals surface area contributed by atoms with Crippen LogP contribution in [0.25, 0.3) is 0 Å². The van der Waals surface area contributed by atoms with Crippen LogP contribution in [-0.4, -0.2) is 5.97 Å². The Morgan fingerprint density at radius 1 is 1.42 bits per heavy atom. The minimum absolute atomic E-state index is 0.657. The molecule has 0 heterocycles. The number of carbonyl (C=O) groups excluding carboxylic acids is 1. The van der Waals surface area contributed by atoms with Gasteiger partial charge in [0.05, 0.1) is 0 Å². The molecule has 0 amide bonds. The first kappa shape index (κ1) is 8.74. The Kier molecular flexibility index (Phi) is 2.15. The normalized spacial score (nSPS) is 15.2. The molecule has 0 radical (unpaired) electrons. The number of benzene rings is 1. The van der Waals surface area contributed by atoms with Gasteiger partial charge in [-0.1, -0.05) is 30.3 Å². The Morgan fingerprint density at radius 2 is 1.92 bits per heavy atom. The van der Waals surface area contributed by atoms with Crippen LogP contribution in [0.1, 0.15) is 12.5 Å². The summed E-state index contributed by atoms with van der Waals surface area (Å²) in [5.74, 6) is -1.16. The van der Waals surface area contributed by atoms with Gasteiger partial charge < -0.3 is 15.6 Å². The van der Waals surface area contributed by atoms with Crippen LogP contribution in [0.15, 0.2) is 30.3 Å². The van der Waals surface area contributed by atoms with E-state index in [0.29, 0.717) is 5.56 Å². The fourth-order valence-electron chi connectivity index (χ4n) is 0.924. The van der Waals surface area contributed by atoms with Crippen molar-refractivity contribution in [3.63, 3.8) is 0 Å². The SMILES string of the molecule is C[C@@]([NH3+])(C(=O)[O-])c1ccccc1. The van der Waals surface area contributed by atoms with E-state index >= 15 is 0 Å². The highest BCUT2D eigenvalue weighted by Crippen LogP contribution is 2.13. The molecule has 1 rings (SSSR count). The van der Waals surface area contributed by atoms with Crippen molar-refractivity contribution in [2.45, 2.75) is 12.5 Å². The highest BCUT2D eigenvalue weighted by molar-refractivity contribution is 5.75. The highest BCUT2D eigenvalue weighted by atomic mass is 16.4. The molecule has 0 aliphatic carbocycles. The smallest absolute Gasteiger partial charge is 0.157 e. The Hall–Kier alpha value is -1.35. The fourth-order valence-corrected chi connectivity index (χ4v) is 0.924. The number of carboxylic acid groups (broad SMARTS) is 1. The van der Waals surface area contributed by atoms with Gasteiger partial charge >= 0.3 is 0 Å². The molecule has 0 saturated carbocycles. The van der Waals surface area contributed by atoms with Gasteiger partial charge in [0, 0.05) is 12.5 Å². The monoisotopic (exact) mass is 165 g/mol. The summed E-state index contributed by atoms with van der Waals surface area (Å²) in [4.78, 5) is 10.6. The first-order valence-corrected chi connectivity index (χ1v) is 3.67. The van der Waals surface area contributed by atoms with Crippen LogP contribution in [-0.2, 0) is 10.3 Å². The van der Waals surface area contributed by atoms with Crippen molar-refractivity contribution in [2.75, 3.05) is 0 Å². The third kappa shape index (κ3) is 1.46. The molecule has 0 saturated heterocycles. The van der Waals surface area contributed by atoms with Crippen LogP contribution in [0.4, 0.5) is 0 Å². The van der Waals surface area contributed by atoms with Crippen molar-refractivity contribution < 1.29 is 15.6 Å². The van der Waals surface area contributed by atoms with Crippen molar-refractivity contribution in [1.29, 1.82) is 0 Å². The zero-order valence-electron chi connectivity index (χ0n) is 6.91. The molecule has 3 nitrogen and oxygen atoms in total. The first-order valence-electron chi connectivity index (χ1n) is 3.67. The molecule has 64 valence electrons. The molecule has 0 bridgehead atoms. The molecule has 3 heteroatoms. The van der Waals surface area contributed by atoms with E-state index in [0.717, 1.165) is 0 Å². The predicted octanol–water partition coefficient (Wildman–Crippen LogP) is -1.11. The Labute approximate surface area is 70.8 Å². The first-order chi connectivity index (χ1) is 5.55. The van der Waals surface area contributed by atoms with Crippen LogP contribution < -0.4 is 10.8 Å². The largest absolute Gasteiger partial charge is 0.543 e. The van der Waals surface area contributed by atoms with Crippen LogP contribution in [0.2, 0.25) is 0 Å².